The first kappa shape index (κ1) is 14.9. The van der Waals surface area contributed by atoms with Crippen LogP contribution in [0.15, 0.2) is 12.4 Å². The fraction of sp³-hybridized carbons (Fsp3) is 0.714. The first-order valence-electron chi connectivity index (χ1n) is 6.85. The molecule has 1 N–H and O–H groups in total. The quantitative estimate of drug-likeness (QED) is 0.807. The Balaban J connectivity index is 2.64. The summed E-state index contributed by atoms with van der Waals surface area (Å²) in [5, 5.41) is 3.34. The number of nitrogens with one attached hydrogen (secondary N) is 1. The van der Waals surface area contributed by atoms with Crippen molar-refractivity contribution in [2.75, 3.05) is 11.9 Å². The second-order valence-corrected chi connectivity index (χ2v) is 4.98. The first-order chi connectivity index (χ1) is 8.58. The monoisotopic (exact) mass is 250 g/mol. The molecule has 1 rings (SSSR count). The molecule has 0 aliphatic rings. The van der Waals surface area contributed by atoms with Gasteiger partial charge in [0, 0.05) is 25.7 Å². The molecule has 0 aromatic carbocycles. The molecule has 0 atom stereocenters. The number of aromatic nitrogens is 2. The number of rotatable bonds is 7. The van der Waals surface area contributed by atoms with Crippen LogP contribution in [-0.2, 0) is 6.54 Å². The summed E-state index contributed by atoms with van der Waals surface area (Å²) >= 11 is 0. The average molecular weight is 250 g/mol. The highest BCUT2D eigenvalue weighted by atomic mass is 15.2. The highest BCUT2D eigenvalue weighted by molar-refractivity contribution is 5.35. The third-order valence-electron chi connectivity index (χ3n) is 3.23. The Bertz CT molecular complexity index is 330. The van der Waals surface area contributed by atoms with Gasteiger partial charge in [-0.15, -0.1) is 0 Å². The minimum Gasteiger partial charge on any atom is -0.355 e. The maximum Gasteiger partial charge on any atom is 0.147 e. The number of nitrogens with zero attached hydrogens (tertiary/aromatic N) is 3. The molecule has 0 spiro atoms. The van der Waals surface area contributed by atoms with Gasteiger partial charge in [0.2, 0.25) is 0 Å². The van der Waals surface area contributed by atoms with Crippen molar-refractivity contribution < 1.29 is 0 Å². The minimum absolute atomic E-state index is 0.471. The highest BCUT2D eigenvalue weighted by Crippen LogP contribution is 2.14. The van der Waals surface area contributed by atoms with E-state index in [0.717, 1.165) is 30.9 Å². The Morgan fingerprint density at radius 1 is 1.17 bits per heavy atom. The lowest BCUT2D eigenvalue weighted by Crippen LogP contribution is -2.31. The third kappa shape index (κ3) is 4.26. The minimum atomic E-state index is 0.471. The summed E-state index contributed by atoms with van der Waals surface area (Å²) in [7, 11) is 2.09. The largest absolute Gasteiger partial charge is 0.355 e. The van der Waals surface area contributed by atoms with Crippen molar-refractivity contribution in [1.82, 2.24) is 15.3 Å². The molecular weight excluding hydrogens is 224 g/mol. The Morgan fingerprint density at radius 3 is 2.28 bits per heavy atom. The van der Waals surface area contributed by atoms with E-state index < -0.39 is 0 Å². The van der Waals surface area contributed by atoms with Crippen molar-refractivity contribution >= 4 is 5.82 Å². The van der Waals surface area contributed by atoms with Crippen LogP contribution >= 0.6 is 0 Å². The fourth-order valence-corrected chi connectivity index (χ4v) is 1.95. The molecule has 1 aromatic heterocycles. The van der Waals surface area contributed by atoms with E-state index in [2.05, 4.69) is 54.9 Å². The normalized spacial score (nSPS) is 11.3. The highest BCUT2D eigenvalue weighted by Gasteiger charge is 2.12. The van der Waals surface area contributed by atoms with Gasteiger partial charge in [0.25, 0.3) is 0 Å². The van der Waals surface area contributed by atoms with Crippen LogP contribution in [0.5, 0.6) is 0 Å². The summed E-state index contributed by atoms with van der Waals surface area (Å²) in [5.41, 5.74) is 0.991. The molecule has 0 unspecified atom stereocenters. The van der Waals surface area contributed by atoms with Gasteiger partial charge >= 0.3 is 0 Å². The van der Waals surface area contributed by atoms with E-state index in [1.54, 1.807) is 0 Å². The zero-order valence-corrected chi connectivity index (χ0v) is 12.3. The summed E-state index contributed by atoms with van der Waals surface area (Å²) in [4.78, 5) is 11.2. The van der Waals surface area contributed by atoms with Crippen LogP contribution in [0.4, 0.5) is 5.82 Å². The molecule has 0 saturated carbocycles. The van der Waals surface area contributed by atoms with Crippen molar-refractivity contribution in [3.05, 3.63) is 18.1 Å². The predicted molar refractivity (Wildman–Crippen MR) is 76.8 cm³/mol. The fourth-order valence-electron chi connectivity index (χ4n) is 1.95. The molecule has 0 bridgehead atoms. The molecule has 102 valence electrons. The predicted octanol–water partition coefficient (Wildman–Crippen LogP) is 2.60. The van der Waals surface area contributed by atoms with Crippen LogP contribution < -0.4 is 10.2 Å². The first-order valence-corrected chi connectivity index (χ1v) is 6.85. The topological polar surface area (TPSA) is 41.1 Å². The number of hydrogen-bond donors (Lipinski definition) is 1. The van der Waals surface area contributed by atoms with Crippen LogP contribution in [0.1, 0.15) is 46.2 Å². The van der Waals surface area contributed by atoms with Crippen LogP contribution in [-0.4, -0.2) is 29.1 Å². The molecule has 0 amide bonds. The average Bonchev–Trinajstić information content (AvgIpc) is 2.38. The molecule has 0 aliphatic carbocycles. The van der Waals surface area contributed by atoms with E-state index >= 15 is 0 Å². The second-order valence-electron chi connectivity index (χ2n) is 4.98. The molecule has 0 radical (unpaired) electrons. The van der Waals surface area contributed by atoms with E-state index in [1.807, 2.05) is 12.4 Å². The maximum atomic E-state index is 4.50. The smallest absolute Gasteiger partial charge is 0.147 e. The van der Waals surface area contributed by atoms with Gasteiger partial charge in [0.1, 0.15) is 5.82 Å². The van der Waals surface area contributed by atoms with Crippen LogP contribution in [0.25, 0.3) is 0 Å². The Morgan fingerprint density at radius 2 is 1.83 bits per heavy atom. The van der Waals surface area contributed by atoms with Crippen LogP contribution in [0, 0.1) is 0 Å². The van der Waals surface area contributed by atoms with E-state index in [1.165, 1.54) is 0 Å². The lowest BCUT2D eigenvalue weighted by Gasteiger charge is -2.27. The van der Waals surface area contributed by atoms with Crippen LogP contribution in [0.3, 0.4) is 0 Å². The Labute approximate surface area is 111 Å². The summed E-state index contributed by atoms with van der Waals surface area (Å²) in [6, 6.07) is 1.01. The van der Waals surface area contributed by atoms with Gasteiger partial charge in [-0.25, -0.2) is 4.98 Å². The second kappa shape index (κ2) is 7.31. The van der Waals surface area contributed by atoms with Gasteiger partial charge in [-0.1, -0.05) is 27.7 Å². The van der Waals surface area contributed by atoms with E-state index in [-0.39, 0.29) is 0 Å². The molecular formula is C14H26N4. The van der Waals surface area contributed by atoms with E-state index in [9.17, 15) is 0 Å². The third-order valence-corrected chi connectivity index (χ3v) is 3.23. The van der Waals surface area contributed by atoms with Crippen molar-refractivity contribution in [2.24, 2.45) is 0 Å². The van der Waals surface area contributed by atoms with Gasteiger partial charge < -0.3 is 10.2 Å². The Kier molecular flexibility index (Phi) is 6.05. The molecule has 18 heavy (non-hydrogen) atoms. The molecule has 0 aliphatic heterocycles. The molecule has 4 heteroatoms. The standard InChI is InChI=1S/C14H26N4/c1-6-13(7-2)18(5)14-10-16-12(9-17-14)8-15-11(3)4/h9-11,13,15H,6-8H2,1-5H3. The summed E-state index contributed by atoms with van der Waals surface area (Å²) in [5.74, 6) is 0.956. The maximum absolute atomic E-state index is 4.50. The lowest BCUT2D eigenvalue weighted by atomic mass is 10.1. The SMILES string of the molecule is CCC(CC)N(C)c1cnc(CNC(C)C)cn1. The zero-order chi connectivity index (χ0) is 13.5. The van der Waals surface area contributed by atoms with Crippen LogP contribution in [0.2, 0.25) is 0 Å². The zero-order valence-electron chi connectivity index (χ0n) is 12.3. The van der Waals surface area contributed by atoms with Crippen molar-refractivity contribution in [2.45, 2.75) is 59.2 Å². The molecule has 0 saturated heterocycles. The lowest BCUT2D eigenvalue weighted by molar-refractivity contribution is 0.574. The van der Waals surface area contributed by atoms with Gasteiger partial charge in [-0.3, -0.25) is 4.98 Å². The molecule has 1 aromatic rings. The number of anilines is 1. The van der Waals surface area contributed by atoms with E-state index in [4.69, 9.17) is 0 Å². The molecule has 0 fully saturated rings. The van der Waals surface area contributed by atoms with E-state index in [0.29, 0.717) is 12.1 Å². The van der Waals surface area contributed by atoms with Gasteiger partial charge in [0.05, 0.1) is 18.1 Å². The van der Waals surface area contributed by atoms with Crippen molar-refractivity contribution in [3.8, 4) is 0 Å². The summed E-state index contributed by atoms with van der Waals surface area (Å²) in [6.07, 6.45) is 6.00. The summed E-state index contributed by atoms with van der Waals surface area (Å²) < 4.78 is 0. The number of hydrogen-bond acceptors (Lipinski definition) is 4. The molecule has 4 nitrogen and oxygen atoms in total. The molecule has 1 heterocycles. The van der Waals surface area contributed by atoms with Crippen molar-refractivity contribution in [1.29, 1.82) is 0 Å². The Hall–Kier alpha value is -1.16. The van der Waals surface area contributed by atoms with Crippen molar-refractivity contribution in [3.63, 3.8) is 0 Å². The van der Waals surface area contributed by atoms with Gasteiger partial charge in [-0.05, 0) is 12.8 Å². The van der Waals surface area contributed by atoms with Gasteiger partial charge in [-0.2, -0.15) is 0 Å². The summed E-state index contributed by atoms with van der Waals surface area (Å²) in [6.45, 7) is 9.45. The van der Waals surface area contributed by atoms with Gasteiger partial charge in [0.15, 0.2) is 0 Å².